The fourth-order valence-corrected chi connectivity index (χ4v) is 3.90. The van der Waals surface area contributed by atoms with E-state index in [9.17, 15) is 13.2 Å². The lowest BCUT2D eigenvalue weighted by Gasteiger charge is -2.44. The summed E-state index contributed by atoms with van der Waals surface area (Å²) >= 11 is 0. The number of aromatic nitrogens is 1. The number of rotatable bonds is 3. The van der Waals surface area contributed by atoms with Crippen LogP contribution in [0.15, 0.2) is 42.3 Å². The first-order valence-electron chi connectivity index (χ1n) is 9.18. The Morgan fingerprint density at radius 3 is 2.74 bits per heavy atom. The molecule has 2 fully saturated rings. The first-order valence-corrected chi connectivity index (χ1v) is 9.18. The van der Waals surface area contributed by atoms with E-state index in [4.69, 9.17) is 9.47 Å². The highest BCUT2D eigenvalue weighted by atomic mass is 19.4. The van der Waals surface area contributed by atoms with Crippen molar-refractivity contribution in [2.24, 2.45) is 5.92 Å². The van der Waals surface area contributed by atoms with Crippen molar-refractivity contribution >= 4 is 0 Å². The van der Waals surface area contributed by atoms with Crippen LogP contribution in [-0.2, 0) is 10.9 Å². The van der Waals surface area contributed by atoms with E-state index in [1.54, 1.807) is 0 Å². The average Bonchev–Trinajstić information content (AvgIpc) is 2.68. The standard InChI is InChI=1S/C19H22F3N3O2/c20-19(21,22)13-1-4-18(24-12-13)27-14-2-3-15-16(5-10-26-17(15)11-14)25-8-6-23-7-9-25/h1-4,11-12,15-17,23H,5-10H2. The number of allylic oxidation sites excluding steroid dienone is 1. The first-order chi connectivity index (χ1) is 13.0. The van der Waals surface area contributed by atoms with Crippen molar-refractivity contribution in [2.75, 3.05) is 32.8 Å². The second-order valence-corrected chi connectivity index (χ2v) is 6.97. The maximum atomic E-state index is 12.6. The predicted molar refractivity (Wildman–Crippen MR) is 93.2 cm³/mol. The molecule has 3 unspecified atom stereocenters. The number of hydrogen-bond acceptors (Lipinski definition) is 5. The second kappa shape index (κ2) is 7.61. The van der Waals surface area contributed by atoms with Crippen molar-refractivity contribution in [1.29, 1.82) is 0 Å². The van der Waals surface area contributed by atoms with E-state index in [0.29, 0.717) is 18.4 Å². The van der Waals surface area contributed by atoms with Crippen molar-refractivity contribution in [1.82, 2.24) is 15.2 Å². The smallest absolute Gasteiger partial charge is 0.417 e. The molecule has 3 heterocycles. The maximum absolute atomic E-state index is 12.6. The summed E-state index contributed by atoms with van der Waals surface area (Å²) in [6, 6.07) is 2.63. The summed E-state index contributed by atoms with van der Waals surface area (Å²) < 4.78 is 49.4. The Balaban J connectivity index is 1.43. The summed E-state index contributed by atoms with van der Waals surface area (Å²) in [6.45, 7) is 4.75. The summed E-state index contributed by atoms with van der Waals surface area (Å²) in [7, 11) is 0. The van der Waals surface area contributed by atoms with Gasteiger partial charge in [-0.1, -0.05) is 6.08 Å². The van der Waals surface area contributed by atoms with Crippen molar-refractivity contribution in [3.63, 3.8) is 0 Å². The van der Waals surface area contributed by atoms with E-state index in [1.165, 1.54) is 6.07 Å². The summed E-state index contributed by atoms with van der Waals surface area (Å²) in [4.78, 5) is 6.27. The topological polar surface area (TPSA) is 46.6 Å². The van der Waals surface area contributed by atoms with Gasteiger partial charge in [0.05, 0.1) is 11.7 Å². The Morgan fingerprint density at radius 1 is 1.22 bits per heavy atom. The molecule has 3 aliphatic rings. The monoisotopic (exact) mass is 381 g/mol. The van der Waals surface area contributed by atoms with Crippen molar-refractivity contribution in [2.45, 2.75) is 24.7 Å². The number of piperazine rings is 1. The Labute approximate surface area is 155 Å². The van der Waals surface area contributed by atoms with Gasteiger partial charge in [-0.05, 0) is 24.6 Å². The third-order valence-corrected chi connectivity index (χ3v) is 5.27. The lowest BCUT2D eigenvalue weighted by molar-refractivity contribution is -0.137. The van der Waals surface area contributed by atoms with Gasteiger partial charge in [0.25, 0.3) is 0 Å². The molecule has 5 nitrogen and oxygen atoms in total. The number of pyridine rings is 1. The zero-order chi connectivity index (χ0) is 18.9. The molecule has 3 atom stereocenters. The molecule has 4 rings (SSSR count). The van der Waals surface area contributed by atoms with Crippen LogP contribution in [0, 0.1) is 5.92 Å². The molecule has 0 radical (unpaired) electrons. The largest absolute Gasteiger partial charge is 0.439 e. The maximum Gasteiger partial charge on any atom is 0.417 e. The predicted octanol–water partition coefficient (Wildman–Crippen LogP) is 2.61. The van der Waals surface area contributed by atoms with Crippen LogP contribution in [0.5, 0.6) is 5.88 Å². The fourth-order valence-electron chi connectivity index (χ4n) is 3.90. The summed E-state index contributed by atoms with van der Waals surface area (Å²) in [5.41, 5.74) is -0.794. The minimum Gasteiger partial charge on any atom is -0.439 e. The molecule has 8 heteroatoms. The number of nitrogens with one attached hydrogen (secondary N) is 1. The molecule has 2 saturated heterocycles. The van der Waals surface area contributed by atoms with Crippen LogP contribution < -0.4 is 10.1 Å². The molecule has 1 N–H and O–H groups in total. The van der Waals surface area contributed by atoms with Gasteiger partial charge in [-0.3, -0.25) is 4.90 Å². The van der Waals surface area contributed by atoms with E-state index in [-0.39, 0.29) is 17.9 Å². The molecule has 1 aromatic rings. The number of fused-ring (bicyclic) bond motifs is 1. The van der Waals surface area contributed by atoms with Gasteiger partial charge in [0.15, 0.2) is 0 Å². The number of nitrogens with zero attached hydrogens (tertiary/aromatic N) is 2. The quantitative estimate of drug-likeness (QED) is 0.872. The zero-order valence-corrected chi connectivity index (χ0v) is 14.8. The Hall–Kier alpha value is -1.90. The molecule has 1 aromatic heterocycles. The fraction of sp³-hybridized carbons (Fsp3) is 0.526. The summed E-state index contributed by atoms with van der Waals surface area (Å²) in [6.07, 6.45) is 3.14. The van der Waals surface area contributed by atoms with Crippen LogP contribution in [0.1, 0.15) is 12.0 Å². The SMILES string of the molecule is FC(F)(F)c1ccc(OC2=CC3OCCC(N4CCNCC4)C3C=C2)nc1. The molecular formula is C19H22F3N3O2. The highest BCUT2D eigenvalue weighted by Gasteiger charge is 2.37. The van der Waals surface area contributed by atoms with Gasteiger partial charge in [-0.15, -0.1) is 0 Å². The summed E-state index contributed by atoms with van der Waals surface area (Å²) in [5, 5.41) is 3.37. The van der Waals surface area contributed by atoms with Crippen LogP contribution in [0.25, 0.3) is 0 Å². The zero-order valence-electron chi connectivity index (χ0n) is 14.8. The first kappa shape index (κ1) is 18.5. The van der Waals surface area contributed by atoms with E-state index in [1.807, 2.05) is 12.2 Å². The van der Waals surface area contributed by atoms with Crippen LogP contribution in [0.3, 0.4) is 0 Å². The van der Waals surface area contributed by atoms with E-state index >= 15 is 0 Å². The van der Waals surface area contributed by atoms with Crippen molar-refractivity contribution in [3.05, 3.63) is 47.9 Å². The van der Waals surface area contributed by atoms with Gasteiger partial charge < -0.3 is 14.8 Å². The molecule has 0 amide bonds. The highest BCUT2D eigenvalue weighted by Crippen LogP contribution is 2.33. The number of hydrogen-bond donors (Lipinski definition) is 1. The van der Waals surface area contributed by atoms with E-state index < -0.39 is 11.7 Å². The van der Waals surface area contributed by atoms with E-state index in [0.717, 1.165) is 44.9 Å². The van der Waals surface area contributed by atoms with Gasteiger partial charge in [0.2, 0.25) is 5.88 Å². The van der Waals surface area contributed by atoms with Crippen LogP contribution in [-0.4, -0.2) is 54.8 Å². The third kappa shape index (κ3) is 4.17. The van der Waals surface area contributed by atoms with Crippen LogP contribution in [0.4, 0.5) is 13.2 Å². The minimum atomic E-state index is -4.41. The van der Waals surface area contributed by atoms with Gasteiger partial charge in [-0.25, -0.2) is 4.98 Å². The molecule has 1 aliphatic carbocycles. The van der Waals surface area contributed by atoms with Crippen molar-refractivity contribution in [3.8, 4) is 5.88 Å². The molecule has 0 aromatic carbocycles. The Bertz CT molecular complexity index is 712. The second-order valence-electron chi connectivity index (χ2n) is 6.97. The number of halogens is 3. The van der Waals surface area contributed by atoms with Gasteiger partial charge in [-0.2, -0.15) is 13.2 Å². The lowest BCUT2D eigenvalue weighted by atomic mass is 9.84. The molecule has 2 aliphatic heterocycles. The van der Waals surface area contributed by atoms with Gasteiger partial charge in [0.1, 0.15) is 5.76 Å². The highest BCUT2D eigenvalue weighted by molar-refractivity contribution is 5.29. The molecule has 0 bridgehead atoms. The summed E-state index contributed by atoms with van der Waals surface area (Å²) in [5.74, 6) is 0.932. The normalized spacial score (nSPS) is 29.1. The molecule has 0 spiro atoms. The Morgan fingerprint density at radius 2 is 2.04 bits per heavy atom. The minimum absolute atomic E-state index is 0.0897. The lowest BCUT2D eigenvalue weighted by Crippen LogP contribution is -2.55. The van der Waals surface area contributed by atoms with E-state index in [2.05, 4.69) is 21.3 Å². The Kier molecular flexibility index (Phi) is 5.21. The average molecular weight is 381 g/mol. The van der Waals surface area contributed by atoms with Crippen LogP contribution in [0.2, 0.25) is 0 Å². The van der Waals surface area contributed by atoms with Crippen LogP contribution >= 0.6 is 0 Å². The van der Waals surface area contributed by atoms with Gasteiger partial charge >= 0.3 is 6.18 Å². The van der Waals surface area contributed by atoms with Gasteiger partial charge in [0, 0.05) is 57.0 Å². The number of alkyl halides is 3. The number of ether oxygens (including phenoxy) is 2. The third-order valence-electron chi connectivity index (χ3n) is 5.27. The molecular weight excluding hydrogens is 359 g/mol. The van der Waals surface area contributed by atoms with Crippen molar-refractivity contribution < 1.29 is 22.6 Å². The molecule has 146 valence electrons. The molecule has 27 heavy (non-hydrogen) atoms. The molecule has 0 saturated carbocycles.